The van der Waals surface area contributed by atoms with E-state index in [-0.39, 0.29) is 23.7 Å². The molecule has 0 unspecified atom stereocenters. The summed E-state index contributed by atoms with van der Waals surface area (Å²) < 4.78 is 38.7. The summed E-state index contributed by atoms with van der Waals surface area (Å²) in [7, 11) is 0. The average Bonchev–Trinajstić information content (AvgIpc) is 3.40. The second kappa shape index (κ2) is 8.57. The smallest absolute Gasteiger partial charge is 0.334 e. The molecule has 0 spiro atoms. The molecule has 9 heteroatoms. The first-order chi connectivity index (χ1) is 14.4. The van der Waals surface area contributed by atoms with Gasteiger partial charge >= 0.3 is 6.18 Å². The lowest BCUT2D eigenvalue weighted by Gasteiger charge is -2.25. The highest BCUT2D eigenvalue weighted by Gasteiger charge is 2.33. The Morgan fingerprint density at radius 3 is 2.63 bits per heavy atom. The van der Waals surface area contributed by atoms with Crippen LogP contribution in [0.25, 0.3) is 0 Å². The number of nitrogens with one attached hydrogen (secondary N) is 1. The van der Waals surface area contributed by atoms with Crippen LogP contribution in [0.3, 0.4) is 0 Å². The lowest BCUT2D eigenvalue weighted by atomic mass is 10.0. The number of pyridine rings is 1. The van der Waals surface area contributed by atoms with Crippen LogP contribution in [0, 0.1) is 5.92 Å². The first-order valence-corrected chi connectivity index (χ1v) is 10.3. The van der Waals surface area contributed by atoms with E-state index in [1.807, 2.05) is 4.90 Å². The Balaban J connectivity index is 1.48. The highest BCUT2D eigenvalue weighted by atomic mass is 19.4. The van der Waals surface area contributed by atoms with E-state index in [1.54, 1.807) is 12.3 Å². The number of nitrogens with zero attached hydrogens (tertiary/aromatic N) is 4. The fraction of sp³-hybridized carbons (Fsp3) is 0.524. The minimum atomic E-state index is -4.45. The third kappa shape index (κ3) is 4.71. The topological polar surface area (TPSA) is 71.0 Å². The fourth-order valence-electron chi connectivity index (χ4n) is 4.36. The summed E-state index contributed by atoms with van der Waals surface area (Å²) in [6.45, 7) is 0.707. The molecular weight excluding hydrogens is 395 g/mol. The van der Waals surface area contributed by atoms with E-state index in [2.05, 4.69) is 20.3 Å². The van der Waals surface area contributed by atoms with Gasteiger partial charge < -0.3 is 10.2 Å². The highest BCUT2D eigenvalue weighted by Crippen LogP contribution is 2.35. The third-order valence-corrected chi connectivity index (χ3v) is 5.86. The maximum Gasteiger partial charge on any atom is 0.416 e. The van der Waals surface area contributed by atoms with Crippen LogP contribution in [0.4, 0.5) is 24.9 Å². The van der Waals surface area contributed by atoms with E-state index >= 15 is 0 Å². The Morgan fingerprint density at radius 2 is 1.87 bits per heavy atom. The number of alkyl halides is 3. The van der Waals surface area contributed by atoms with Gasteiger partial charge in [0.15, 0.2) is 0 Å². The van der Waals surface area contributed by atoms with E-state index in [0.717, 1.165) is 44.0 Å². The van der Waals surface area contributed by atoms with E-state index in [1.165, 1.54) is 12.8 Å². The SMILES string of the molecule is O=C(CC1CCCC1)N1CCC[C@@H]1c1ccnc(Nc2cc(C(F)(F)F)ccn2)n1. The van der Waals surface area contributed by atoms with Gasteiger partial charge in [-0.15, -0.1) is 0 Å². The molecule has 2 aromatic heterocycles. The predicted molar refractivity (Wildman–Crippen MR) is 105 cm³/mol. The number of halogens is 3. The van der Waals surface area contributed by atoms with Gasteiger partial charge in [0.05, 0.1) is 17.3 Å². The van der Waals surface area contributed by atoms with Crippen LogP contribution in [0.1, 0.15) is 62.2 Å². The molecular formula is C21H24F3N5O. The molecule has 1 aliphatic carbocycles. The van der Waals surface area contributed by atoms with Crippen LogP contribution >= 0.6 is 0 Å². The van der Waals surface area contributed by atoms with Crippen molar-refractivity contribution in [3.63, 3.8) is 0 Å². The van der Waals surface area contributed by atoms with Gasteiger partial charge in [0, 0.05) is 25.4 Å². The van der Waals surface area contributed by atoms with Crippen LogP contribution in [0.15, 0.2) is 30.6 Å². The molecule has 4 rings (SSSR count). The lowest BCUT2D eigenvalue weighted by molar-refractivity contribution is -0.137. The van der Waals surface area contributed by atoms with Crippen molar-refractivity contribution in [2.45, 2.75) is 57.2 Å². The Morgan fingerprint density at radius 1 is 1.10 bits per heavy atom. The van der Waals surface area contributed by atoms with Gasteiger partial charge in [0.2, 0.25) is 11.9 Å². The largest absolute Gasteiger partial charge is 0.416 e. The Hall–Kier alpha value is -2.71. The number of carbonyl (C=O) groups is 1. The van der Waals surface area contributed by atoms with Crippen molar-refractivity contribution in [1.29, 1.82) is 0 Å². The summed E-state index contributed by atoms with van der Waals surface area (Å²) in [5.74, 6) is 0.822. The quantitative estimate of drug-likeness (QED) is 0.748. The third-order valence-electron chi connectivity index (χ3n) is 5.86. The lowest BCUT2D eigenvalue weighted by Crippen LogP contribution is -2.32. The highest BCUT2D eigenvalue weighted by molar-refractivity contribution is 5.77. The Kier molecular flexibility index (Phi) is 5.87. The van der Waals surface area contributed by atoms with Gasteiger partial charge in [0.25, 0.3) is 0 Å². The summed E-state index contributed by atoms with van der Waals surface area (Å²) in [5, 5.41) is 2.75. The molecule has 0 bridgehead atoms. The van der Waals surface area contributed by atoms with Crippen molar-refractivity contribution >= 4 is 17.7 Å². The fourth-order valence-corrected chi connectivity index (χ4v) is 4.36. The monoisotopic (exact) mass is 419 g/mol. The number of rotatable bonds is 5. The molecule has 3 heterocycles. The number of hydrogen-bond donors (Lipinski definition) is 1. The summed E-state index contributed by atoms with van der Waals surface area (Å²) >= 11 is 0. The Bertz CT molecular complexity index is 898. The zero-order valence-corrected chi connectivity index (χ0v) is 16.5. The van der Waals surface area contributed by atoms with Crippen LogP contribution in [-0.2, 0) is 11.0 Å². The van der Waals surface area contributed by atoms with Crippen molar-refractivity contribution in [3.8, 4) is 0 Å². The van der Waals surface area contributed by atoms with Crippen molar-refractivity contribution in [1.82, 2.24) is 19.9 Å². The van der Waals surface area contributed by atoms with Gasteiger partial charge in [-0.05, 0) is 49.8 Å². The summed E-state index contributed by atoms with van der Waals surface area (Å²) in [6, 6.07) is 3.46. The number of hydrogen-bond acceptors (Lipinski definition) is 5. The first-order valence-electron chi connectivity index (χ1n) is 10.3. The number of likely N-dealkylation sites (tertiary alicyclic amines) is 1. The van der Waals surface area contributed by atoms with Crippen LogP contribution < -0.4 is 5.32 Å². The summed E-state index contributed by atoms with van der Waals surface area (Å²) in [6.07, 6.45) is 5.14. The second-order valence-corrected chi connectivity index (χ2v) is 7.96. The van der Waals surface area contributed by atoms with Crippen molar-refractivity contribution < 1.29 is 18.0 Å². The molecule has 1 N–H and O–H groups in total. The second-order valence-electron chi connectivity index (χ2n) is 7.96. The molecule has 160 valence electrons. The van der Waals surface area contributed by atoms with Crippen molar-refractivity contribution in [2.24, 2.45) is 5.92 Å². The molecule has 2 aromatic rings. The van der Waals surface area contributed by atoms with Gasteiger partial charge in [-0.25, -0.2) is 15.0 Å². The van der Waals surface area contributed by atoms with Crippen molar-refractivity contribution in [2.75, 3.05) is 11.9 Å². The van der Waals surface area contributed by atoms with Gasteiger partial charge in [0.1, 0.15) is 5.82 Å². The number of carbonyl (C=O) groups excluding carboxylic acids is 1. The normalized spacial score (nSPS) is 20.0. The molecule has 0 radical (unpaired) electrons. The molecule has 1 amide bonds. The first kappa shape index (κ1) is 20.6. The molecule has 2 aliphatic rings. The molecule has 0 aromatic carbocycles. The van der Waals surface area contributed by atoms with E-state index < -0.39 is 11.7 Å². The number of amides is 1. The predicted octanol–water partition coefficient (Wildman–Crippen LogP) is 4.88. The molecule has 2 fully saturated rings. The van der Waals surface area contributed by atoms with Crippen LogP contribution in [0.5, 0.6) is 0 Å². The van der Waals surface area contributed by atoms with E-state index in [0.29, 0.717) is 24.6 Å². The minimum absolute atomic E-state index is 0.0163. The molecule has 30 heavy (non-hydrogen) atoms. The van der Waals surface area contributed by atoms with Gasteiger partial charge in [-0.2, -0.15) is 13.2 Å². The number of anilines is 2. The zero-order chi connectivity index (χ0) is 21.1. The maximum absolute atomic E-state index is 12.9. The summed E-state index contributed by atoms with van der Waals surface area (Å²) in [4.78, 5) is 27.2. The summed E-state index contributed by atoms with van der Waals surface area (Å²) in [5.41, 5.74) is -0.104. The molecule has 1 saturated carbocycles. The van der Waals surface area contributed by atoms with E-state index in [4.69, 9.17) is 0 Å². The molecule has 1 saturated heterocycles. The van der Waals surface area contributed by atoms with Gasteiger partial charge in [-0.1, -0.05) is 12.8 Å². The van der Waals surface area contributed by atoms with E-state index in [9.17, 15) is 18.0 Å². The molecule has 1 aliphatic heterocycles. The average molecular weight is 419 g/mol. The molecule has 1 atom stereocenters. The standard InChI is InChI=1S/C21H24F3N5O/c22-21(23,24)15-7-9-25-18(13-15)28-20-26-10-8-16(27-20)17-6-3-11-29(17)19(30)12-14-4-1-2-5-14/h7-10,13-14,17H,1-6,11-12H2,(H,25,26,27,28)/t17-/m1/s1. The molecule has 6 nitrogen and oxygen atoms in total. The van der Waals surface area contributed by atoms with Crippen LogP contribution in [-0.4, -0.2) is 32.3 Å². The number of aromatic nitrogens is 3. The van der Waals surface area contributed by atoms with Crippen LogP contribution in [0.2, 0.25) is 0 Å². The Labute approximate surface area is 172 Å². The zero-order valence-electron chi connectivity index (χ0n) is 16.5. The van der Waals surface area contributed by atoms with Gasteiger partial charge in [-0.3, -0.25) is 4.79 Å². The maximum atomic E-state index is 12.9. The minimum Gasteiger partial charge on any atom is -0.334 e. The van der Waals surface area contributed by atoms with Crippen molar-refractivity contribution in [3.05, 3.63) is 41.9 Å².